The molecule has 0 spiro atoms. The first-order valence-electron chi connectivity index (χ1n) is 6.36. The fraction of sp³-hybridized carbons (Fsp3) is 0.833. The van der Waals surface area contributed by atoms with Gasteiger partial charge in [-0.05, 0) is 44.7 Å². The molecule has 0 bridgehead atoms. The van der Waals surface area contributed by atoms with E-state index in [-0.39, 0.29) is 6.73 Å². The predicted molar refractivity (Wildman–Crippen MR) is 64.5 cm³/mol. The van der Waals surface area contributed by atoms with E-state index in [4.69, 9.17) is 5.11 Å². The molecule has 2 heterocycles. The maximum Gasteiger partial charge on any atom is 0.116 e. The van der Waals surface area contributed by atoms with E-state index in [0.717, 1.165) is 19.1 Å². The Balaban J connectivity index is 1.56. The SMILES string of the molecule is OCN1C=CN(CCCC2CCNCC2)C1. The maximum absolute atomic E-state index is 8.95. The molecule has 0 aromatic rings. The quantitative estimate of drug-likeness (QED) is 0.724. The van der Waals surface area contributed by atoms with Gasteiger partial charge in [0, 0.05) is 18.9 Å². The van der Waals surface area contributed by atoms with Gasteiger partial charge < -0.3 is 20.2 Å². The third-order valence-electron chi connectivity index (χ3n) is 3.55. The largest absolute Gasteiger partial charge is 0.376 e. The van der Waals surface area contributed by atoms with Crippen molar-refractivity contribution in [3.05, 3.63) is 12.4 Å². The summed E-state index contributed by atoms with van der Waals surface area (Å²) in [6, 6.07) is 0. The minimum Gasteiger partial charge on any atom is -0.376 e. The second kappa shape index (κ2) is 6.11. The highest BCUT2D eigenvalue weighted by molar-refractivity contribution is 4.89. The summed E-state index contributed by atoms with van der Waals surface area (Å²) in [4.78, 5) is 4.18. The number of nitrogens with one attached hydrogen (secondary N) is 1. The van der Waals surface area contributed by atoms with Gasteiger partial charge in [-0.25, -0.2) is 0 Å². The van der Waals surface area contributed by atoms with Crippen LogP contribution in [0.1, 0.15) is 25.7 Å². The third kappa shape index (κ3) is 3.39. The van der Waals surface area contributed by atoms with Crippen molar-refractivity contribution in [3.8, 4) is 0 Å². The van der Waals surface area contributed by atoms with E-state index < -0.39 is 0 Å². The van der Waals surface area contributed by atoms with Crippen LogP contribution < -0.4 is 5.32 Å². The Morgan fingerprint density at radius 3 is 2.62 bits per heavy atom. The van der Waals surface area contributed by atoms with Crippen LogP contribution in [-0.2, 0) is 0 Å². The van der Waals surface area contributed by atoms with Crippen molar-refractivity contribution in [3.63, 3.8) is 0 Å². The lowest BCUT2D eigenvalue weighted by Gasteiger charge is -2.24. The van der Waals surface area contributed by atoms with Gasteiger partial charge in [-0.3, -0.25) is 0 Å². The molecular weight excluding hydrogens is 202 g/mol. The highest BCUT2D eigenvalue weighted by Gasteiger charge is 2.14. The topological polar surface area (TPSA) is 38.7 Å². The molecule has 0 saturated carbocycles. The summed E-state index contributed by atoms with van der Waals surface area (Å²) in [5, 5.41) is 12.4. The van der Waals surface area contributed by atoms with Gasteiger partial charge >= 0.3 is 0 Å². The van der Waals surface area contributed by atoms with Gasteiger partial charge in [-0.2, -0.15) is 0 Å². The number of hydrogen-bond donors (Lipinski definition) is 2. The maximum atomic E-state index is 8.95. The smallest absolute Gasteiger partial charge is 0.116 e. The lowest BCUT2D eigenvalue weighted by Crippen LogP contribution is -2.29. The molecule has 2 aliphatic heterocycles. The number of aliphatic hydroxyl groups excluding tert-OH is 1. The highest BCUT2D eigenvalue weighted by Crippen LogP contribution is 2.18. The van der Waals surface area contributed by atoms with E-state index in [0.29, 0.717) is 0 Å². The average molecular weight is 225 g/mol. The van der Waals surface area contributed by atoms with Crippen molar-refractivity contribution in [2.45, 2.75) is 25.7 Å². The van der Waals surface area contributed by atoms with Crippen molar-refractivity contribution < 1.29 is 5.11 Å². The summed E-state index contributed by atoms with van der Waals surface area (Å²) in [7, 11) is 0. The number of piperidine rings is 1. The first-order valence-corrected chi connectivity index (χ1v) is 6.36. The summed E-state index contributed by atoms with van der Waals surface area (Å²) in [5.74, 6) is 0.932. The Kier molecular flexibility index (Phi) is 4.48. The van der Waals surface area contributed by atoms with E-state index in [1.807, 2.05) is 11.1 Å². The van der Waals surface area contributed by atoms with Crippen molar-refractivity contribution >= 4 is 0 Å². The molecule has 0 unspecified atom stereocenters. The van der Waals surface area contributed by atoms with E-state index in [2.05, 4.69) is 16.4 Å². The molecule has 1 fully saturated rings. The molecule has 4 heteroatoms. The van der Waals surface area contributed by atoms with Crippen LogP contribution in [0.25, 0.3) is 0 Å². The first-order chi connectivity index (χ1) is 7.88. The monoisotopic (exact) mass is 225 g/mol. The van der Waals surface area contributed by atoms with Crippen LogP contribution in [0.15, 0.2) is 12.4 Å². The van der Waals surface area contributed by atoms with Crippen LogP contribution >= 0.6 is 0 Å². The number of hydrogen-bond acceptors (Lipinski definition) is 4. The molecule has 4 nitrogen and oxygen atoms in total. The van der Waals surface area contributed by atoms with Gasteiger partial charge in [-0.1, -0.05) is 0 Å². The Morgan fingerprint density at radius 2 is 1.94 bits per heavy atom. The second-order valence-corrected chi connectivity index (χ2v) is 4.82. The molecule has 0 aromatic heterocycles. The molecule has 0 aromatic carbocycles. The fourth-order valence-corrected chi connectivity index (χ4v) is 2.51. The normalized spacial score (nSPS) is 22.1. The van der Waals surface area contributed by atoms with Crippen molar-refractivity contribution in [1.29, 1.82) is 0 Å². The molecule has 16 heavy (non-hydrogen) atoms. The summed E-state index contributed by atoms with van der Waals surface area (Å²) >= 11 is 0. The number of nitrogens with zero attached hydrogens (tertiary/aromatic N) is 2. The standard InChI is InChI=1S/C12H23N3O/c16-11-15-9-8-14(10-15)7-1-2-12-3-5-13-6-4-12/h8-9,12-13,16H,1-7,10-11H2. The van der Waals surface area contributed by atoms with Gasteiger partial charge in [0.15, 0.2) is 0 Å². The van der Waals surface area contributed by atoms with E-state index in [1.54, 1.807) is 0 Å². The van der Waals surface area contributed by atoms with Gasteiger partial charge in [0.25, 0.3) is 0 Å². The zero-order valence-electron chi connectivity index (χ0n) is 9.94. The molecule has 0 amide bonds. The van der Waals surface area contributed by atoms with Gasteiger partial charge in [0.2, 0.25) is 0 Å². The van der Waals surface area contributed by atoms with Crippen LogP contribution in [0.4, 0.5) is 0 Å². The summed E-state index contributed by atoms with van der Waals surface area (Å²) in [6.45, 7) is 4.50. The number of aliphatic hydroxyl groups is 1. The van der Waals surface area contributed by atoms with Crippen LogP contribution in [-0.4, -0.2) is 47.9 Å². The zero-order valence-corrected chi connectivity index (χ0v) is 9.94. The lowest BCUT2D eigenvalue weighted by molar-refractivity contribution is 0.127. The highest BCUT2D eigenvalue weighted by atomic mass is 16.3. The Bertz CT molecular complexity index is 226. The van der Waals surface area contributed by atoms with Crippen LogP contribution in [0.3, 0.4) is 0 Å². The molecule has 92 valence electrons. The lowest BCUT2D eigenvalue weighted by atomic mass is 9.93. The van der Waals surface area contributed by atoms with E-state index >= 15 is 0 Å². The summed E-state index contributed by atoms with van der Waals surface area (Å²) < 4.78 is 0. The predicted octanol–water partition coefficient (Wildman–Crippen LogP) is 0.762. The van der Waals surface area contributed by atoms with E-state index in [9.17, 15) is 0 Å². The average Bonchev–Trinajstić information content (AvgIpc) is 2.78. The molecule has 0 atom stereocenters. The van der Waals surface area contributed by atoms with Gasteiger partial charge in [-0.15, -0.1) is 0 Å². The van der Waals surface area contributed by atoms with Crippen molar-refractivity contribution in [2.24, 2.45) is 5.92 Å². The Hall–Kier alpha value is -0.740. The van der Waals surface area contributed by atoms with Gasteiger partial charge in [0.1, 0.15) is 6.73 Å². The minimum atomic E-state index is 0.126. The summed E-state index contributed by atoms with van der Waals surface area (Å²) in [5.41, 5.74) is 0. The van der Waals surface area contributed by atoms with Crippen LogP contribution in [0, 0.1) is 5.92 Å². The third-order valence-corrected chi connectivity index (χ3v) is 3.55. The molecule has 2 rings (SSSR count). The van der Waals surface area contributed by atoms with Crippen molar-refractivity contribution in [1.82, 2.24) is 15.1 Å². The van der Waals surface area contributed by atoms with Crippen molar-refractivity contribution in [2.75, 3.05) is 33.0 Å². The molecule has 0 radical (unpaired) electrons. The Labute approximate surface area is 97.9 Å². The molecular formula is C12H23N3O. The summed E-state index contributed by atoms with van der Waals surface area (Å²) in [6.07, 6.45) is 9.36. The van der Waals surface area contributed by atoms with Crippen LogP contribution in [0.2, 0.25) is 0 Å². The van der Waals surface area contributed by atoms with E-state index in [1.165, 1.54) is 38.8 Å². The first kappa shape index (κ1) is 11.7. The number of rotatable bonds is 5. The molecule has 0 aliphatic carbocycles. The Morgan fingerprint density at radius 1 is 1.19 bits per heavy atom. The van der Waals surface area contributed by atoms with Crippen LogP contribution in [0.5, 0.6) is 0 Å². The zero-order chi connectivity index (χ0) is 11.2. The molecule has 1 saturated heterocycles. The molecule has 2 N–H and O–H groups in total. The fourth-order valence-electron chi connectivity index (χ4n) is 2.51. The van der Waals surface area contributed by atoms with Gasteiger partial charge in [0.05, 0.1) is 6.67 Å². The second-order valence-electron chi connectivity index (χ2n) is 4.82. The molecule has 2 aliphatic rings. The minimum absolute atomic E-state index is 0.126.